The molecule has 2 fully saturated rings. The minimum atomic E-state index is -1.88. The third-order valence-corrected chi connectivity index (χ3v) is 14.2. The lowest BCUT2D eigenvalue weighted by Crippen LogP contribution is -2.63. The SMILES string of the molecule is CC(C)C[C@H]1C(=O)N[C@@H](COC(C)(C)C)C(=O)NC(C(=O)N2CCCCC2)C(=O)N(C)CC(=O)N(C)[C@@H](Cc2ccccc2)C(=O)N(C)[C@@H](C)C(=O)N(C)[C@@H](CC(C)C)C(=O)N[C@@H](C(C)O)C(=O)N(C)[C@@H](C)C(=O)N1C. The number of ether oxygens (including phenoxy) is 1. The second kappa shape index (κ2) is 28.3. The van der Waals surface area contributed by atoms with Gasteiger partial charge in [0.05, 0.1) is 24.9 Å². The summed E-state index contributed by atoms with van der Waals surface area (Å²) in [6, 6.07) is -2.40. The zero-order valence-electron chi connectivity index (χ0n) is 47.9. The molecule has 22 heteroatoms. The Morgan fingerprint density at radius 3 is 1.58 bits per heavy atom. The highest BCUT2D eigenvalue weighted by molar-refractivity contribution is 6.08. The van der Waals surface area contributed by atoms with Gasteiger partial charge in [0.1, 0.15) is 42.3 Å². The van der Waals surface area contributed by atoms with Crippen molar-refractivity contribution < 1.29 is 57.8 Å². The highest BCUT2D eigenvalue weighted by Gasteiger charge is 2.43. The molecule has 3 rings (SSSR count). The smallest absolute Gasteiger partial charge is 0.255 e. The molecule has 2 unspecified atom stereocenters. The molecule has 76 heavy (non-hydrogen) atoms. The molecule has 2 aliphatic heterocycles. The van der Waals surface area contributed by atoms with Gasteiger partial charge in [-0.3, -0.25) is 47.9 Å². The van der Waals surface area contributed by atoms with Crippen LogP contribution in [0.25, 0.3) is 0 Å². The molecule has 426 valence electrons. The van der Waals surface area contributed by atoms with Gasteiger partial charge >= 0.3 is 0 Å². The highest BCUT2D eigenvalue weighted by atomic mass is 16.5. The van der Waals surface area contributed by atoms with E-state index in [2.05, 4.69) is 16.0 Å². The lowest BCUT2D eigenvalue weighted by Gasteiger charge is -2.37. The third-order valence-electron chi connectivity index (χ3n) is 14.2. The largest absolute Gasteiger partial charge is 0.391 e. The van der Waals surface area contributed by atoms with E-state index < -0.39 is 132 Å². The predicted molar refractivity (Wildman–Crippen MR) is 284 cm³/mol. The van der Waals surface area contributed by atoms with E-state index in [0.717, 1.165) is 26.0 Å². The zero-order chi connectivity index (χ0) is 57.7. The summed E-state index contributed by atoms with van der Waals surface area (Å²) in [7, 11) is 8.14. The molecule has 10 amide bonds. The molecule has 0 saturated carbocycles. The van der Waals surface area contributed by atoms with Crippen molar-refractivity contribution in [1.29, 1.82) is 0 Å². The zero-order valence-corrected chi connectivity index (χ0v) is 47.9. The predicted octanol–water partition coefficient (Wildman–Crippen LogP) is 0.631. The molecule has 0 bridgehead atoms. The van der Waals surface area contributed by atoms with Crippen LogP contribution in [0.4, 0.5) is 0 Å². The number of likely N-dealkylation sites (tertiary alicyclic amines) is 1. The number of piperidine rings is 1. The number of amides is 10. The van der Waals surface area contributed by atoms with Crippen LogP contribution in [-0.2, 0) is 59.1 Å². The molecule has 0 aliphatic carbocycles. The van der Waals surface area contributed by atoms with Crippen molar-refractivity contribution in [3.8, 4) is 0 Å². The van der Waals surface area contributed by atoms with Crippen LogP contribution in [0.2, 0.25) is 0 Å². The van der Waals surface area contributed by atoms with Crippen molar-refractivity contribution in [3.63, 3.8) is 0 Å². The maximum atomic E-state index is 14.7. The second-order valence-corrected chi connectivity index (χ2v) is 22.4. The van der Waals surface area contributed by atoms with E-state index in [1.54, 1.807) is 51.1 Å². The van der Waals surface area contributed by atoms with E-state index in [1.165, 1.54) is 77.8 Å². The van der Waals surface area contributed by atoms with E-state index in [0.29, 0.717) is 31.5 Å². The minimum Gasteiger partial charge on any atom is -0.391 e. The van der Waals surface area contributed by atoms with Gasteiger partial charge < -0.3 is 60.1 Å². The lowest BCUT2D eigenvalue weighted by atomic mass is 9.99. The van der Waals surface area contributed by atoms with E-state index in [1.807, 2.05) is 27.7 Å². The van der Waals surface area contributed by atoms with E-state index in [4.69, 9.17) is 4.74 Å². The van der Waals surface area contributed by atoms with Gasteiger partial charge in [0.25, 0.3) is 11.8 Å². The number of rotatable bonds is 10. The second-order valence-electron chi connectivity index (χ2n) is 22.4. The van der Waals surface area contributed by atoms with Gasteiger partial charge in [-0.25, -0.2) is 0 Å². The molecule has 4 N–H and O–H groups in total. The van der Waals surface area contributed by atoms with Gasteiger partial charge in [0, 0.05) is 61.8 Å². The Labute approximate surface area is 449 Å². The number of hydrogen-bond donors (Lipinski definition) is 4. The van der Waals surface area contributed by atoms with Crippen molar-refractivity contribution in [3.05, 3.63) is 35.9 Å². The van der Waals surface area contributed by atoms with Crippen molar-refractivity contribution in [2.45, 2.75) is 168 Å². The van der Waals surface area contributed by atoms with E-state index >= 15 is 0 Å². The van der Waals surface area contributed by atoms with Crippen molar-refractivity contribution in [2.75, 3.05) is 68.5 Å². The standard InChI is InChI=1S/C54H88N10O12/c1-32(2)27-39-46(68)55-38(31-76-54(8,9)10)45(67)57-44(53(75)64-25-21-18-22-26-64)51(73)58(11)30-42(66)61(14)41(29-37-23-19-17-20-24-37)50(72)59(12)34(5)48(70)63(16)40(28-33(3)4)47(69)56-43(36(7)65)52(74)60(13)35(6)49(71)62(39)15/h17,19-20,23-24,32-36,38-41,43-44,65H,18,21-22,25-31H2,1-16H3,(H,55,68)(H,56,69)(H,57,67)/t34-,35-,36?,38-,39-,40-,41-,43-,44?/m0/s1. The molecule has 1 aromatic rings. The Kier molecular flexibility index (Phi) is 23.9. The van der Waals surface area contributed by atoms with Crippen LogP contribution in [0, 0.1) is 11.8 Å². The van der Waals surface area contributed by atoms with Gasteiger partial charge in [-0.15, -0.1) is 0 Å². The number of aliphatic hydroxyl groups excluding tert-OH is 1. The van der Waals surface area contributed by atoms with Crippen LogP contribution >= 0.6 is 0 Å². The van der Waals surface area contributed by atoms with Crippen molar-refractivity contribution >= 4 is 59.1 Å². The number of aliphatic hydroxyl groups is 1. The summed E-state index contributed by atoms with van der Waals surface area (Å²) in [5.74, 6) is -8.23. The molecule has 1 aromatic carbocycles. The fourth-order valence-electron chi connectivity index (χ4n) is 9.04. The van der Waals surface area contributed by atoms with Gasteiger partial charge in [-0.2, -0.15) is 0 Å². The molecular formula is C54H88N10O12. The summed E-state index contributed by atoms with van der Waals surface area (Å²) in [5.41, 5.74) is -0.181. The van der Waals surface area contributed by atoms with Gasteiger partial charge in [0.15, 0.2) is 6.04 Å². The Balaban J connectivity index is 2.29. The van der Waals surface area contributed by atoms with Crippen LogP contribution in [0.5, 0.6) is 0 Å². The highest BCUT2D eigenvalue weighted by Crippen LogP contribution is 2.20. The first kappa shape index (κ1) is 64.1. The van der Waals surface area contributed by atoms with Crippen molar-refractivity contribution in [1.82, 2.24) is 50.2 Å². The normalized spacial score (nSPS) is 26.2. The fourth-order valence-corrected chi connectivity index (χ4v) is 9.04. The van der Waals surface area contributed by atoms with E-state index in [-0.39, 0.29) is 31.1 Å². The number of likely N-dealkylation sites (N-methyl/N-ethyl adjacent to an activating group) is 6. The molecule has 0 spiro atoms. The maximum Gasteiger partial charge on any atom is 0.255 e. The molecule has 0 aromatic heterocycles. The molecule has 2 aliphatic rings. The number of nitrogens with one attached hydrogen (secondary N) is 3. The molecule has 2 heterocycles. The summed E-state index contributed by atoms with van der Waals surface area (Å²) < 4.78 is 6.01. The van der Waals surface area contributed by atoms with Gasteiger partial charge in [-0.05, 0) is 91.0 Å². The summed E-state index contributed by atoms with van der Waals surface area (Å²) in [4.78, 5) is 153. The molecule has 22 nitrogen and oxygen atoms in total. The number of nitrogens with zero attached hydrogens (tertiary/aromatic N) is 7. The first-order valence-electron chi connectivity index (χ1n) is 26.4. The Morgan fingerprint density at radius 2 is 1.11 bits per heavy atom. The van der Waals surface area contributed by atoms with Crippen molar-refractivity contribution in [2.24, 2.45) is 11.8 Å². The summed E-state index contributed by atoms with van der Waals surface area (Å²) >= 11 is 0. The van der Waals surface area contributed by atoms with Crippen LogP contribution in [-0.4, -0.2) is 227 Å². The molecule has 0 radical (unpaired) electrons. The summed E-state index contributed by atoms with van der Waals surface area (Å²) in [6.45, 7) is 16.2. The Bertz CT molecular complexity index is 2210. The van der Waals surface area contributed by atoms with Crippen LogP contribution in [0.3, 0.4) is 0 Å². The monoisotopic (exact) mass is 1070 g/mol. The Morgan fingerprint density at radius 1 is 0.618 bits per heavy atom. The topological polar surface area (TPSA) is 259 Å². The first-order valence-corrected chi connectivity index (χ1v) is 26.4. The minimum absolute atomic E-state index is 0.0177. The van der Waals surface area contributed by atoms with Crippen LogP contribution < -0.4 is 16.0 Å². The number of carbonyl (C=O) groups is 10. The van der Waals surface area contributed by atoms with Crippen LogP contribution in [0.1, 0.15) is 107 Å². The number of benzene rings is 1. The lowest BCUT2D eigenvalue weighted by molar-refractivity contribution is -0.153. The maximum absolute atomic E-state index is 14.7. The van der Waals surface area contributed by atoms with E-state index in [9.17, 15) is 53.1 Å². The van der Waals surface area contributed by atoms with Gasteiger partial charge in [-0.1, -0.05) is 58.0 Å². The molecular weight excluding hydrogens is 981 g/mol. The third kappa shape index (κ3) is 17.4. The first-order chi connectivity index (χ1) is 35.3. The van der Waals surface area contributed by atoms with Crippen LogP contribution in [0.15, 0.2) is 30.3 Å². The quantitative estimate of drug-likeness (QED) is 0.236. The Hall–Kier alpha value is -6.16. The average molecular weight is 1070 g/mol. The number of hydrogen-bond acceptors (Lipinski definition) is 12. The molecule has 2 saturated heterocycles. The molecule has 9 atom stereocenters. The number of carbonyl (C=O) groups excluding carboxylic acids is 10. The summed E-state index contributed by atoms with van der Waals surface area (Å²) in [6.07, 6.45) is 0.792. The summed E-state index contributed by atoms with van der Waals surface area (Å²) in [5, 5.41) is 18.9. The fraction of sp³-hybridized carbons (Fsp3) is 0.704. The van der Waals surface area contributed by atoms with Gasteiger partial charge in [0.2, 0.25) is 47.3 Å². The average Bonchev–Trinajstić information content (AvgIpc) is 3.37.